The van der Waals surface area contributed by atoms with Crippen LogP contribution >= 0.6 is 27.5 Å². The molecule has 2 rings (SSSR count). The van der Waals surface area contributed by atoms with Gasteiger partial charge in [-0.25, -0.2) is 4.39 Å². The lowest BCUT2D eigenvalue weighted by Crippen LogP contribution is -1.99. The fraction of sp³-hybridized carbons (Fsp3) is 0.0769. The smallest absolute Gasteiger partial charge is 0.137 e. The van der Waals surface area contributed by atoms with Gasteiger partial charge in [0, 0.05) is 5.69 Å². The van der Waals surface area contributed by atoms with Crippen LogP contribution in [-0.2, 0) is 0 Å². The summed E-state index contributed by atoms with van der Waals surface area (Å²) in [7, 11) is 0. The molecule has 0 fully saturated rings. The van der Waals surface area contributed by atoms with E-state index in [0.717, 1.165) is 11.3 Å². The molecule has 2 aromatic carbocycles. The number of anilines is 3. The Morgan fingerprint density at radius 2 is 2.06 bits per heavy atom. The van der Waals surface area contributed by atoms with Crippen molar-refractivity contribution in [3.8, 4) is 0 Å². The van der Waals surface area contributed by atoms with Gasteiger partial charge < -0.3 is 11.1 Å². The van der Waals surface area contributed by atoms with Crippen molar-refractivity contribution in [2.24, 2.45) is 0 Å². The molecule has 0 heterocycles. The number of nitrogen functional groups attached to an aromatic ring is 1. The average Bonchev–Trinajstić information content (AvgIpc) is 2.30. The van der Waals surface area contributed by atoms with Crippen LogP contribution in [0.1, 0.15) is 5.56 Å². The van der Waals surface area contributed by atoms with Gasteiger partial charge in [-0.1, -0.05) is 17.7 Å². The summed E-state index contributed by atoms with van der Waals surface area (Å²) >= 11 is 9.23. The lowest BCUT2D eigenvalue weighted by Gasteiger charge is -2.14. The van der Waals surface area contributed by atoms with Crippen LogP contribution in [-0.4, -0.2) is 0 Å². The Morgan fingerprint density at radius 3 is 2.72 bits per heavy atom. The summed E-state index contributed by atoms with van der Waals surface area (Å²) in [5.41, 5.74) is 8.55. The molecule has 5 heteroatoms. The standard InChI is InChI=1S/C13H11BrClFN2/c1-7-5-10(16)8(14)6-12(7)18-13-9(15)3-2-4-11(13)17/h2-6,18H,17H2,1H3. The van der Waals surface area contributed by atoms with E-state index in [-0.39, 0.29) is 5.82 Å². The zero-order valence-corrected chi connectivity index (χ0v) is 11.9. The highest BCUT2D eigenvalue weighted by atomic mass is 79.9. The number of hydrogen-bond donors (Lipinski definition) is 2. The van der Waals surface area contributed by atoms with Gasteiger partial charge in [0.15, 0.2) is 0 Å². The summed E-state index contributed by atoms with van der Waals surface area (Å²) in [6.45, 7) is 1.81. The SMILES string of the molecule is Cc1cc(F)c(Br)cc1Nc1c(N)cccc1Cl. The maximum Gasteiger partial charge on any atom is 0.137 e. The Balaban J connectivity index is 2.43. The zero-order chi connectivity index (χ0) is 13.3. The molecule has 2 nitrogen and oxygen atoms in total. The van der Waals surface area contributed by atoms with Gasteiger partial charge in [-0.2, -0.15) is 0 Å². The van der Waals surface area contributed by atoms with Crippen molar-refractivity contribution in [1.29, 1.82) is 0 Å². The minimum atomic E-state index is -0.301. The number of para-hydroxylation sites is 1. The molecule has 3 N–H and O–H groups in total. The third-order valence-electron chi connectivity index (χ3n) is 2.57. The quantitative estimate of drug-likeness (QED) is 0.771. The van der Waals surface area contributed by atoms with Crippen LogP contribution in [0.3, 0.4) is 0 Å². The maximum absolute atomic E-state index is 13.3. The largest absolute Gasteiger partial charge is 0.397 e. The number of benzene rings is 2. The van der Waals surface area contributed by atoms with Crippen molar-refractivity contribution in [3.05, 3.63) is 51.2 Å². The van der Waals surface area contributed by atoms with E-state index in [1.165, 1.54) is 6.07 Å². The molecule has 0 saturated carbocycles. The Labute approximate surface area is 118 Å². The van der Waals surface area contributed by atoms with Gasteiger partial charge in [0.2, 0.25) is 0 Å². The second kappa shape index (κ2) is 5.16. The van der Waals surface area contributed by atoms with E-state index in [2.05, 4.69) is 21.2 Å². The number of aryl methyl sites for hydroxylation is 1. The molecule has 0 unspecified atom stereocenters. The van der Waals surface area contributed by atoms with Gasteiger partial charge in [0.1, 0.15) is 5.82 Å². The number of halogens is 3. The molecular weight excluding hydrogens is 319 g/mol. The molecule has 0 atom stereocenters. The second-order valence-electron chi connectivity index (χ2n) is 3.91. The first-order valence-electron chi connectivity index (χ1n) is 5.25. The van der Waals surface area contributed by atoms with Gasteiger partial charge in [0.25, 0.3) is 0 Å². The molecule has 2 aromatic rings. The van der Waals surface area contributed by atoms with E-state index >= 15 is 0 Å². The predicted octanol–water partition coefficient (Wildman–Crippen LogP) is 4.88. The molecule has 0 aliphatic rings. The van der Waals surface area contributed by atoms with Crippen LogP contribution in [0, 0.1) is 12.7 Å². The van der Waals surface area contributed by atoms with Crippen LogP contribution in [0.15, 0.2) is 34.8 Å². The van der Waals surface area contributed by atoms with Crippen molar-refractivity contribution in [2.75, 3.05) is 11.1 Å². The van der Waals surface area contributed by atoms with Crippen molar-refractivity contribution < 1.29 is 4.39 Å². The van der Waals surface area contributed by atoms with Crippen molar-refractivity contribution >= 4 is 44.6 Å². The number of nitrogens with one attached hydrogen (secondary N) is 1. The predicted molar refractivity (Wildman–Crippen MR) is 78.0 cm³/mol. The van der Waals surface area contributed by atoms with Crippen molar-refractivity contribution in [3.63, 3.8) is 0 Å². The summed E-state index contributed by atoms with van der Waals surface area (Å²) in [6.07, 6.45) is 0. The zero-order valence-electron chi connectivity index (χ0n) is 9.60. The summed E-state index contributed by atoms with van der Waals surface area (Å²) in [5, 5.41) is 3.65. The van der Waals surface area contributed by atoms with E-state index in [4.69, 9.17) is 17.3 Å². The van der Waals surface area contributed by atoms with E-state index in [0.29, 0.717) is 20.9 Å². The third-order valence-corrected chi connectivity index (χ3v) is 3.50. The van der Waals surface area contributed by atoms with Crippen molar-refractivity contribution in [2.45, 2.75) is 6.92 Å². The molecule has 18 heavy (non-hydrogen) atoms. The monoisotopic (exact) mass is 328 g/mol. The summed E-state index contributed by atoms with van der Waals surface area (Å²) < 4.78 is 13.7. The van der Waals surface area contributed by atoms with Crippen LogP contribution in [0.2, 0.25) is 5.02 Å². The average molecular weight is 330 g/mol. The van der Waals surface area contributed by atoms with Crippen LogP contribution in [0.5, 0.6) is 0 Å². The molecule has 0 saturated heterocycles. The second-order valence-corrected chi connectivity index (χ2v) is 5.17. The van der Waals surface area contributed by atoms with Gasteiger partial charge in [-0.15, -0.1) is 0 Å². The van der Waals surface area contributed by atoms with E-state index < -0.39 is 0 Å². The molecule has 0 radical (unpaired) electrons. The number of nitrogens with two attached hydrogens (primary N) is 1. The van der Waals surface area contributed by atoms with E-state index in [9.17, 15) is 4.39 Å². The Kier molecular flexibility index (Phi) is 3.78. The minimum absolute atomic E-state index is 0.301. The van der Waals surface area contributed by atoms with Crippen molar-refractivity contribution in [1.82, 2.24) is 0 Å². The third kappa shape index (κ3) is 2.60. The molecular formula is C13H11BrClFN2. The van der Waals surface area contributed by atoms with Crippen LogP contribution in [0.4, 0.5) is 21.5 Å². The number of rotatable bonds is 2. The van der Waals surface area contributed by atoms with E-state index in [1.807, 2.05) is 6.92 Å². The highest BCUT2D eigenvalue weighted by Gasteiger charge is 2.09. The molecule has 0 aliphatic carbocycles. The van der Waals surface area contributed by atoms with Crippen LogP contribution < -0.4 is 11.1 Å². The first kappa shape index (κ1) is 13.2. The fourth-order valence-corrected chi connectivity index (χ4v) is 2.16. The Morgan fingerprint density at radius 1 is 1.33 bits per heavy atom. The molecule has 0 bridgehead atoms. The topological polar surface area (TPSA) is 38.0 Å². The number of hydrogen-bond acceptors (Lipinski definition) is 2. The van der Waals surface area contributed by atoms with Crippen LogP contribution in [0.25, 0.3) is 0 Å². The molecule has 94 valence electrons. The van der Waals surface area contributed by atoms with Gasteiger partial charge in [0.05, 0.1) is 20.9 Å². The Hall–Kier alpha value is -1.26. The highest BCUT2D eigenvalue weighted by Crippen LogP contribution is 2.33. The summed E-state index contributed by atoms with van der Waals surface area (Å²) in [5.74, 6) is -0.301. The fourth-order valence-electron chi connectivity index (χ4n) is 1.59. The van der Waals surface area contributed by atoms with Gasteiger partial charge in [-0.05, 0) is 52.7 Å². The molecule has 0 aliphatic heterocycles. The summed E-state index contributed by atoms with van der Waals surface area (Å²) in [4.78, 5) is 0. The normalized spacial score (nSPS) is 10.4. The maximum atomic E-state index is 13.3. The first-order valence-corrected chi connectivity index (χ1v) is 6.43. The first-order chi connectivity index (χ1) is 8.49. The van der Waals surface area contributed by atoms with Gasteiger partial charge in [-0.3, -0.25) is 0 Å². The molecule has 0 spiro atoms. The lowest BCUT2D eigenvalue weighted by atomic mass is 10.2. The highest BCUT2D eigenvalue weighted by molar-refractivity contribution is 9.10. The lowest BCUT2D eigenvalue weighted by molar-refractivity contribution is 0.620. The molecule has 0 amide bonds. The van der Waals surface area contributed by atoms with E-state index in [1.54, 1.807) is 24.3 Å². The molecule has 0 aromatic heterocycles. The van der Waals surface area contributed by atoms with Gasteiger partial charge >= 0.3 is 0 Å². The Bertz CT molecular complexity index is 582. The minimum Gasteiger partial charge on any atom is -0.397 e. The summed E-state index contributed by atoms with van der Waals surface area (Å²) in [6, 6.07) is 8.37.